The second-order valence-electron chi connectivity index (χ2n) is 4.13. The minimum atomic E-state index is 0.130. The average Bonchev–Trinajstić information content (AvgIpc) is 2.38. The summed E-state index contributed by atoms with van der Waals surface area (Å²) in [7, 11) is 1.72. The molecule has 0 radical (unpaired) electrons. The van der Waals surface area contributed by atoms with E-state index in [1.807, 2.05) is 24.3 Å². The van der Waals surface area contributed by atoms with Crippen LogP contribution in [-0.2, 0) is 4.74 Å². The van der Waals surface area contributed by atoms with Gasteiger partial charge in [0, 0.05) is 19.8 Å². The number of rotatable bonds is 8. The zero-order valence-electron chi connectivity index (χ0n) is 10.8. The third kappa shape index (κ3) is 5.20. The lowest BCUT2D eigenvalue weighted by molar-refractivity contribution is 0.184. The molecule has 1 atom stereocenters. The first-order valence-electron chi connectivity index (χ1n) is 6.25. The van der Waals surface area contributed by atoms with Crippen LogP contribution in [0.5, 0.6) is 5.75 Å². The first-order chi connectivity index (χ1) is 8.27. The fraction of sp³-hybridized carbons (Fsp3) is 0.571. The summed E-state index contributed by atoms with van der Waals surface area (Å²) in [5, 5.41) is 0. The number of nitrogens with two attached hydrogens (primary N) is 1. The van der Waals surface area contributed by atoms with Crippen LogP contribution in [0.4, 0.5) is 0 Å². The molecule has 0 unspecified atom stereocenters. The van der Waals surface area contributed by atoms with E-state index in [0.717, 1.165) is 38.2 Å². The van der Waals surface area contributed by atoms with Crippen LogP contribution in [0.1, 0.15) is 37.8 Å². The summed E-state index contributed by atoms with van der Waals surface area (Å²) in [6.45, 7) is 3.63. The van der Waals surface area contributed by atoms with Gasteiger partial charge in [-0.2, -0.15) is 0 Å². The molecule has 0 heterocycles. The molecule has 1 aromatic rings. The fourth-order valence-electron chi connectivity index (χ4n) is 1.59. The van der Waals surface area contributed by atoms with E-state index in [4.69, 9.17) is 15.2 Å². The Hall–Kier alpha value is -1.06. The number of unbranched alkanes of at least 4 members (excludes halogenated alkanes) is 1. The Morgan fingerprint density at radius 1 is 1.12 bits per heavy atom. The molecule has 0 aliphatic rings. The van der Waals surface area contributed by atoms with E-state index in [1.165, 1.54) is 5.56 Å². The van der Waals surface area contributed by atoms with Gasteiger partial charge in [0.25, 0.3) is 0 Å². The van der Waals surface area contributed by atoms with E-state index in [2.05, 4.69) is 6.92 Å². The first-order valence-corrected chi connectivity index (χ1v) is 6.25. The van der Waals surface area contributed by atoms with Crippen LogP contribution in [0.25, 0.3) is 0 Å². The normalized spacial score (nSPS) is 12.4. The molecular weight excluding hydrogens is 214 g/mol. The van der Waals surface area contributed by atoms with Crippen molar-refractivity contribution in [1.29, 1.82) is 0 Å². The van der Waals surface area contributed by atoms with Crippen molar-refractivity contribution in [2.75, 3.05) is 20.3 Å². The van der Waals surface area contributed by atoms with Gasteiger partial charge in [-0.25, -0.2) is 0 Å². The number of benzene rings is 1. The van der Waals surface area contributed by atoms with Gasteiger partial charge in [-0.3, -0.25) is 0 Å². The van der Waals surface area contributed by atoms with E-state index in [1.54, 1.807) is 7.11 Å². The van der Waals surface area contributed by atoms with E-state index >= 15 is 0 Å². The second-order valence-corrected chi connectivity index (χ2v) is 4.13. The van der Waals surface area contributed by atoms with Crippen LogP contribution in [0.2, 0.25) is 0 Å². The molecule has 17 heavy (non-hydrogen) atoms. The molecule has 1 aromatic carbocycles. The van der Waals surface area contributed by atoms with E-state index in [9.17, 15) is 0 Å². The minimum Gasteiger partial charge on any atom is -0.494 e. The molecule has 0 saturated carbocycles. The van der Waals surface area contributed by atoms with Crippen LogP contribution in [0, 0.1) is 0 Å². The lowest BCUT2D eigenvalue weighted by Gasteiger charge is -2.10. The SMILES string of the molecule is CC[C@@H](N)c1ccc(OCCCCOC)cc1. The molecule has 0 aliphatic heterocycles. The summed E-state index contributed by atoms with van der Waals surface area (Å²) < 4.78 is 10.6. The minimum absolute atomic E-state index is 0.130. The number of hydrogen-bond donors (Lipinski definition) is 1. The van der Waals surface area contributed by atoms with Gasteiger partial charge in [-0.05, 0) is 37.0 Å². The maximum Gasteiger partial charge on any atom is 0.119 e. The van der Waals surface area contributed by atoms with Crippen molar-refractivity contribution in [3.05, 3.63) is 29.8 Å². The van der Waals surface area contributed by atoms with Gasteiger partial charge in [-0.1, -0.05) is 19.1 Å². The highest BCUT2D eigenvalue weighted by Crippen LogP contribution is 2.18. The van der Waals surface area contributed by atoms with Gasteiger partial charge in [-0.15, -0.1) is 0 Å². The Bertz CT molecular complexity index is 298. The Balaban J connectivity index is 2.30. The van der Waals surface area contributed by atoms with Crippen LogP contribution >= 0.6 is 0 Å². The lowest BCUT2D eigenvalue weighted by Crippen LogP contribution is -2.08. The maximum absolute atomic E-state index is 5.94. The van der Waals surface area contributed by atoms with Crippen LogP contribution in [0.3, 0.4) is 0 Å². The zero-order valence-corrected chi connectivity index (χ0v) is 10.8. The number of ether oxygens (including phenoxy) is 2. The van der Waals surface area contributed by atoms with Crippen molar-refractivity contribution < 1.29 is 9.47 Å². The number of hydrogen-bond acceptors (Lipinski definition) is 3. The molecule has 0 spiro atoms. The molecule has 1 rings (SSSR count). The lowest BCUT2D eigenvalue weighted by atomic mass is 10.1. The van der Waals surface area contributed by atoms with Gasteiger partial charge in [0.05, 0.1) is 6.61 Å². The molecule has 0 aliphatic carbocycles. The maximum atomic E-state index is 5.94. The van der Waals surface area contributed by atoms with E-state index in [0.29, 0.717) is 0 Å². The molecule has 0 amide bonds. The molecule has 96 valence electrons. The van der Waals surface area contributed by atoms with Crippen LogP contribution in [0.15, 0.2) is 24.3 Å². The average molecular weight is 237 g/mol. The Morgan fingerprint density at radius 2 is 1.76 bits per heavy atom. The highest BCUT2D eigenvalue weighted by Gasteiger charge is 2.02. The summed E-state index contributed by atoms with van der Waals surface area (Å²) >= 11 is 0. The summed E-state index contributed by atoms with van der Waals surface area (Å²) in [6, 6.07) is 8.19. The molecule has 2 N–H and O–H groups in total. The molecule has 0 saturated heterocycles. The topological polar surface area (TPSA) is 44.5 Å². The number of methoxy groups -OCH3 is 1. The summed E-state index contributed by atoms with van der Waals surface area (Å²) in [4.78, 5) is 0. The predicted molar refractivity (Wildman–Crippen MR) is 70.3 cm³/mol. The van der Waals surface area contributed by atoms with Crippen LogP contribution in [-0.4, -0.2) is 20.3 Å². The standard InChI is InChI=1S/C14H23NO2/c1-3-14(15)12-6-8-13(9-7-12)17-11-5-4-10-16-2/h6-9,14H,3-5,10-11,15H2,1-2H3/t14-/m1/s1. The van der Waals surface area contributed by atoms with E-state index in [-0.39, 0.29) is 6.04 Å². The Labute approximate surface area is 104 Å². The molecule has 0 aromatic heterocycles. The van der Waals surface area contributed by atoms with Crippen molar-refractivity contribution in [1.82, 2.24) is 0 Å². The van der Waals surface area contributed by atoms with Gasteiger partial charge in [0.15, 0.2) is 0 Å². The fourth-order valence-corrected chi connectivity index (χ4v) is 1.59. The van der Waals surface area contributed by atoms with Crippen molar-refractivity contribution in [3.63, 3.8) is 0 Å². The van der Waals surface area contributed by atoms with Crippen molar-refractivity contribution in [2.45, 2.75) is 32.2 Å². The largest absolute Gasteiger partial charge is 0.494 e. The quantitative estimate of drug-likeness (QED) is 0.707. The third-order valence-corrected chi connectivity index (χ3v) is 2.76. The smallest absolute Gasteiger partial charge is 0.119 e. The van der Waals surface area contributed by atoms with Crippen molar-refractivity contribution in [2.24, 2.45) is 5.73 Å². The molecular formula is C14H23NO2. The zero-order chi connectivity index (χ0) is 12.5. The second kappa shape index (κ2) is 8.09. The summed E-state index contributed by atoms with van der Waals surface area (Å²) in [6.07, 6.45) is 3.01. The molecule has 3 nitrogen and oxygen atoms in total. The Morgan fingerprint density at radius 3 is 2.35 bits per heavy atom. The van der Waals surface area contributed by atoms with Crippen molar-refractivity contribution in [3.8, 4) is 5.75 Å². The molecule has 0 fully saturated rings. The van der Waals surface area contributed by atoms with Gasteiger partial charge in [0.1, 0.15) is 5.75 Å². The third-order valence-electron chi connectivity index (χ3n) is 2.76. The predicted octanol–water partition coefficient (Wildman–Crippen LogP) is 2.90. The monoisotopic (exact) mass is 237 g/mol. The van der Waals surface area contributed by atoms with Crippen LogP contribution < -0.4 is 10.5 Å². The first kappa shape index (κ1) is 14.0. The van der Waals surface area contributed by atoms with E-state index < -0.39 is 0 Å². The molecule has 3 heteroatoms. The highest BCUT2D eigenvalue weighted by molar-refractivity contribution is 5.28. The van der Waals surface area contributed by atoms with Crippen molar-refractivity contribution >= 4 is 0 Å². The summed E-state index contributed by atoms with van der Waals surface area (Å²) in [5.74, 6) is 0.912. The van der Waals surface area contributed by atoms with Gasteiger partial charge >= 0.3 is 0 Å². The van der Waals surface area contributed by atoms with Gasteiger partial charge in [0.2, 0.25) is 0 Å². The Kier molecular flexibility index (Phi) is 6.67. The highest BCUT2D eigenvalue weighted by atomic mass is 16.5. The van der Waals surface area contributed by atoms with Gasteiger partial charge < -0.3 is 15.2 Å². The molecule has 0 bridgehead atoms. The summed E-state index contributed by atoms with van der Waals surface area (Å²) in [5.41, 5.74) is 7.11.